The van der Waals surface area contributed by atoms with Crippen LogP contribution in [0.5, 0.6) is 0 Å². The highest BCUT2D eigenvalue weighted by Crippen LogP contribution is 2.30. The summed E-state index contributed by atoms with van der Waals surface area (Å²) in [6.45, 7) is 3.81. The first kappa shape index (κ1) is 14.4. The molecule has 0 N–H and O–H groups in total. The molecule has 1 nitrogen and oxygen atoms in total. The minimum atomic E-state index is 1.03. The van der Waals surface area contributed by atoms with Gasteiger partial charge in [0.05, 0.1) is 5.69 Å². The van der Waals surface area contributed by atoms with Gasteiger partial charge in [-0.05, 0) is 34.2 Å². The van der Waals surface area contributed by atoms with E-state index >= 15 is 0 Å². The van der Waals surface area contributed by atoms with Crippen LogP contribution in [-0.4, -0.2) is 4.98 Å². The van der Waals surface area contributed by atoms with Gasteiger partial charge in [0.1, 0.15) is 0 Å². The van der Waals surface area contributed by atoms with E-state index in [0.29, 0.717) is 0 Å². The molecule has 0 unspecified atom stereocenters. The maximum absolute atomic E-state index is 4.59. The number of nitrogens with zero attached hydrogens (tertiary/aromatic N) is 1. The molecule has 0 bridgehead atoms. The van der Waals surface area contributed by atoms with E-state index in [4.69, 9.17) is 0 Å². The Morgan fingerprint density at radius 3 is 2.21 bits per heavy atom. The first-order valence-electron chi connectivity index (χ1n) is 8.02. The van der Waals surface area contributed by atoms with Crippen molar-refractivity contribution in [2.45, 2.75) is 0 Å². The first-order chi connectivity index (χ1) is 11.8. The van der Waals surface area contributed by atoms with Crippen molar-refractivity contribution in [3.05, 3.63) is 97.2 Å². The van der Waals surface area contributed by atoms with Crippen LogP contribution in [-0.2, 0) is 0 Å². The molecule has 1 heteroatoms. The summed E-state index contributed by atoms with van der Waals surface area (Å²) in [5.74, 6) is 0. The summed E-state index contributed by atoms with van der Waals surface area (Å²) in [5.41, 5.74) is 5.73. The summed E-state index contributed by atoms with van der Waals surface area (Å²) in [7, 11) is 0. The molecule has 0 radical (unpaired) electrons. The van der Waals surface area contributed by atoms with Crippen LogP contribution in [0.25, 0.3) is 39.2 Å². The summed E-state index contributed by atoms with van der Waals surface area (Å²) in [4.78, 5) is 4.59. The average molecular weight is 307 g/mol. The van der Waals surface area contributed by atoms with Crippen LogP contribution in [0.2, 0.25) is 0 Å². The lowest BCUT2D eigenvalue weighted by Gasteiger charge is -2.08. The summed E-state index contributed by atoms with van der Waals surface area (Å²) < 4.78 is 0. The van der Waals surface area contributed by atoms with Gasteiger partial charge in [-0.2, -0.15) is 0 Å². The quantitative estimate of drug-likeness (QED) is 0.438. The normalized spacial score (nSPS) is 10.7. The van der Waals surface area contributed by atoms with Crippen molar-refractivity contribution >= 4 is 16.8 Å². The van der Waals surface area contributed by atoms with Crippen molar-refractivity contribution in [2.75, 3.05) is 0 Å². The van der Waals surface area contributed by atoms with Crippen molar-refractivity contribution in [3.8, 4) is 22.4 Å². The molecule has 114 valence electrons. The van der Waals surface area contributed by atoms with Gasteiger partial charge < -0.3 is 0 Å². The van der Waals surface area contributed by atoms with Gasteiger partial charge in [0.15, 0.2) is 0 Å². The van der Waals surface area contributed by atoms with Crippen molar-refractivity contribution < 1.29 is 0 Å². The Labute approximate surface area is 141 Å². The van der Waals surface area contributed by atoms with Gasteiger partial charge in [-0.1, -0.05) is 79.4 Å². The van der Waals surface area contributed by atoms with E-state index in [1.807, 2.05) is 30.5 Å². The monoisotopic (exact) mass is 307 g/mol. The maximum atomic E-state index is 4.59. The van der Waals surface area contributed by atoms with Crippen LogP contribution >= 0.6 is 0 Å². The minimum Gasteiger partial charge on any atom is -0.256 e. The Kier molecular flexibility index (Phi) is 3.68. The van der Waals surface area contributed by atoms with Crippen LogP contribution in [0.3, 0.4) is 0 Å². The summed E-state index contributed by atoms with van der Waals surface area (Å²) in [6, 6.07) is 27.4. The summed E-state index contributed by atoms with van der Waals surface area (Å²) in [6.07, 6.45) is 3.75. The van der Waals surface area contributed by atoms with E-state index in [9.17, 15) is 0 Å². The molecule has 0 amide bonds. The van der Waals surface area contributed by atoms with Crippen LogP contribution in [0.1, 0.15) is 5.56 Å². The average Bonchev–Trinajstić information content (AvgIpc) is 2.68. The second-order valence-electron chi connectivity index (χ2n) is 5.79. The van der Waals surface area contributed by atoms with Gasteiger partial charge in [0.25, 0.3) is 0 Å². The van der Waals surface area contributed by atoms with Gasteiger partial charge >= 0.3 is 0 Å². The van der Waals surface area contributed by atoms with E-state index in [1.54, 1.807) is 0 Å². The molecule has 0 spiro atoms. The van der Waals surface area contributed by atoms with E-state index in [-0.39, 0.29) is 0 Å². The Balaban J connectivity index is 1.83. The van der Waals surface area contributed by atoms with E-state index in [1.165, 1.54) is 21.9 Å². The number of rotatable bonds is 3. The molecule has 4 rings (SSSR count). The van der Waals surface area contributed by atoms with Crippen LogP contribution in [0, 0.1) is 0 Å². The molecule has 1 heterocycles. The number of hydrogen-bond acceptors (Lipinski definition) is 1. The van der Waals surface area contributed by atoms with Crippen molar-refractivity contribution in [3.63, 3.8) is 0 Å². The topological polar surface area (TPSA) is 12.9 Å². The highest BCUT2D eigenvalue weighted by molar-refractivity contribution is 5.96. The SMILES string of the molecule is C=Cc1ccc(-c2ccc3c(-c4ccccc4)nccc3c2)cc1. The second kappa shape index (κ2) is 6.13. The molecule has 0 aliphatic carbocycles. The van der Waals surface area contributed by atoms with Crippen molar-refractivity contribution in [1.82, 2.24) is 4.98 Å². The molecule has 1 aromatic heterocycles. The maximum Gasteiger partial charge on any atom is 0.0780 e. The largest absolute Gasteiger partial charge is 0.256 e. The number of aromatic nitrogens is 1. The molecular weight excluding hydrogens is 290 g/mol. The highest BCUT2D eigenvalue weighted by atomic mass is 14.7. The molecule has 0 atom stereocenters. The third-order valence-corrected chi connectivity index (χ3v) is 4.29. The number of hydrogen-bond donors (Lipinski definition) is 0. The lowest BCUT2D eigenvalue weighted by atomic mass is 9.98. The highest BCUT2D eigenvalue weighted by Gasteiger charge is 2.06. The van der Waals surface area contributed by atoms with E-state index in [0.717, 1.165) is 16.8 Å². The second-order valence-corrected chi connectivity index (χ2v) is 5.79. The van der Waals surface area contributed by atoms with Crippen molar-refractivity contribution in [2.24, 2.45) is 0 Å². The third-order valence-electron chi connectivity index (χ3n) is 4.29. The Hall–Kier alpha value is -3.19. The smallest absolute Gasteiger partial charge is 0.0780 e. The third kappa shape index (κ3) is 2.61. The molecule has 0 aliphatic rings. The van der Waals surface area contributed by atoms with Crippen LogP contribution in [0.4, 0.5) is 0 Å². The molecule has 24 heavy (non-hydrogen) atoms. The molecule has 0 fully saturated rings. The molecule has 4 aromatic rings. The van der Waals surface area contributed by atoms with E-state index < -0.39 is 0 Å². The van der Waals surface area contributed by atoms with Crippen LogP contribution < -0.4 is 0 Å². The first-order valence-corrected chi connectivity index (χ1v) is 8.02. The zero-order valence-corrected chi connectivity index (χ0v) is 13.3. The Morgan fingerprint density at radius 1 is 0.708 bits per heavy atom. The van der Waals surface area contributed by atoms with Gasteiger partial charge in [0.2, 0.25) is 0 Å². The molecule has 0 aliphatic heterocycles. The zero-order valence-electron chi connectivity index (χ0n) is 13.3. The van der Waals surface area contributed by atoms with Crippen molar-refractivity contribution in [1.29, 1.82) is 0 Å². The fourth-order valence-corrected chi connectivity index (χ4v) is 3.00. The lowest BCUT2D eigenvalue weighted by Crippen LogP contribution is -1.87. The molecule has 0 saturated carbocycles. The van der Waals surface area contributed by atoms with E-state index in [2.05, 4.69) is 72.2 Å². The predicted molar refractivity (Wildman–Crippen MR) is 103 cm³/mol. The minimum absolute atomic E-state index is 1.03. The Bertz CT molecular complexity index is 999. The van der Waals surface area contributed by atoms with Gasteiger partial charge in [-0.3, -0.25) is 4.98 Å². The van der Waals surface area contributed by atoms with Crippen LogP contribution in [0.15, 0.2) is 91.6 Å². The molecule has 0 saturated heterocycles. The molecular formula is C23H17N. The standard InChI is InChI=1S/C23H17N/c1-2-17-8-10-18(11-9-17)20-12-13-22-21(16-20)14-15-24-23(22)19-6-4-3-5-7-19/h2-16H,1H2. The number of fused-ring (bicyclic) bond motifs is 1. The van der Waals surface area contributed by atoms with Gasteiger partial charge in [-0.15, -0.1) is 0 Å². The number of pyridine rings is 1. The molecule has 3 aromatic carbocycles. The predicted octanol–water partition coefficient (Wildman–Crippen LogP) is 6.21. The number of benzene rings is 3. The lowest BCUT2D eigenvalue weighted by molar-refractivity contribution is 1.36. The Morgan fingerprint density at radius 2 is 1.46 bits per heavy atom. The zero-order chi connectivity index (χ0) is 16.4. The van der Waals surface area contributed by atoms with Gasteiger partial charge in [-0.25, -0.2) is 0 Å². The summed E-state index contributed by atoms with van der Waals surface area (Å²) in [5, 5.41) is 2.38. The van der Waals surface area contributed by atoms with Gasteiger partial charge in [0, 0.05) is 17.1 Å². The summed E-state index contributed by atoms with van der Waals surface area (Å²) >= 11 is 0. The fourth-order valence-electron chi connectivity index (χ4n) is 3.00. The fraction of sp³-hybridized carbons (Fsp3) is 0.